The van der Waals surface area contributed by atoms with Crippen molar-refractivity contribution in [1.82, 2.24) is 10.4 Å². The van der Waals surface area contributed by atoms with Crippen molar-refractivity contribution < 1.29 is 19.1 Å². The number of hydrogen-bond donors (Lipinski definition) is 2. The van der Waals surface area contributed by atoms with Crippen LogP contribution in [0.15, 0.2) is 96.1 Å². The lowest BCUT2D eigenvalue weighted by atomic mass is 10.0. The fourth-order valence-electron chi connectivity index (χ4n) is 4.55. The maximum Gasteiger partial charge on any atom is 0.343 e. The number of amides is 1. The van der Waals surface area contributed by atoms with Gasteiger partial charge >= 0.3 is 5.97 Å². The van der Waals surface area contributed by atoms with Gasteiger partial charge in [0.25, 0.3) is 5.91 Å². The quantitative estimate of drug-likeness (QED) is 0.0993. The molecule has 0 saturated carbocycles. The lowest BCUT2D eigenvalue weighted by Gasteiger charge is -2.11. The first-order valence-electron chi connectivity index (χ1n) is 13.0. The van der Waals surface area contributed by atoms with Crippen LogP contribution in [0.4, 0.5) is 0 Å². The van der Waals surface area contributed by atoms with Crippen LogP contribution in [0.1, 0.15) is 44.5 Å². The summed E-state index contributed by atoms with van der Waals surface area (Å²) in [6.07, 6.45) is 1.52. The second-order valence-electron chi connectivity index (χ2n) is 9.34. The van der Waals surface area contributed by atoms with Gasteiger partial charge in [-0.05, 0) is 67.8 Å². The number of carbonyl (C=O) groups excluding carboxylic acids is 2. The molecule has 0 bridgehead atoms. The second-order valence-corrected chi connectivity index (χ2v) is 9.34. The van der Waals surface area contributed by atoms with E-state index in [4.69, 9.17) is 9.47 Å². The smallest absolute Gasteiger partial charge is 0.343 e. The maximum absolute atomic E-state index is 13.3. The van der Waals surface area contributed by atoms with Gasteiger partial charge in [-0.1, -0.05) is 66.2 Å². The standard InChI is InChI=1S/C33H29N3O4/c1-4-39-28-19-23(16-17-27(28)40-33(38)25-14-8-10-21(2)18-25)20-34-36-32(37)31-29(24-12-6-5-7-13-24)26-15-9-11-22(3)30(26)35-31/h5-20,35H,4H2,1-3H3,(H,36,37). The molecule has 5 aromatic rings. The summed E-state index contributed by atoms with van der Waals surface area (Å²) < 4.78 is 11.3. The van der Waals surface area contributed by atoms with E-state index in [0.29, 0.717) is 34.9 Å². The Balaban J connectivity index is 1.36. The first-order valence-corrected chi connectivity index (χ1v) is 13.0. The Hall–Kier alpha value is -5.17. The lowest BCUT2D eigenvalue weighted by Crippen LogP contribution is -2.19. The van der Waals surface area contributed by atoms with E-state index in [1.54, 1.807) is 30.3 Å². The Morgan fingerprint density at radius 3 is 2.48 bits per heavy atom. The number of esters is 1. The molecule has 0 aliphatic carbocycles. The molecule has 4 aromatic carbocycles. The number of H-pyrrole nitrogens is 1. The van der Waals surface area contributed by atoms with Crippen LogP contribution in [0.3, 0.4) is 0 Å². The van der Waals surface area contributed by atoms with Crippen LogP contribution in [0.25, 0.3) is 22.0 Å². The number of nitrogens with zero attached hydrogens (tertiary/aromatic N) is 1. The van der Waals surface area contributed by atoms with Crippen molar-refractivity contribution >= 4 is 29.0 Å². The molecule has 0 radical (unpaired) electrons. The minimum absolute atomic E-state index is 0.301. The van der Waals surface area contributed by atoms with Gasteiger partial charge in [-0.15, -0.1) is 0 Å². The first kappa shape index (κ1) is 26.4. The van der Waals surface area contributed by atoms with Gasteiger partial charge < -0.3 is 14.5 Å². The van der Waals surface area contributed by atoms with Crippen molar-refractivity contribution in [3.05, 3.63) is 119 Å². The number of hydrogen-bond acceptors (Lipinski definition) is 5. The highest BCUT2D eigenvalue weighted by Crippen LogP contribution is 2.34. The Labute approximate surface area is 232 Å². The lowest BCUT2D eigenvalue weighted by molar-refractivity contribution is 0.0728. The average Bonchev–Trinajstić information content (AvgIpc) is 3.36. The highest BCUT2D eigenvalue weighted by atomic mass is 16.6. The van der Waals surface area contributed by atoms with Crippen LogP contribution in [0.5, 0.6) is 11.5 Å². The predicted molar refractivity (Wildman–Crippen MR) is 157 cm³/mol. The summed E-state index contributed by atoms with van der Waals surface area (Å²) in [5.74, 6) is -0.132. The Kier molecular flexibility index (Phi) is 7.73. The summed E-state index contributed by atoms with van der Waals surface area (Å²) in [4.78, 5) is 29.2. The van der Waals surface area contributed by atoms with E-state index in [1.807, 2.05) is 81.4 Å². The number of aromatic amines is 1. The molecule has 0 spiro atoms. The second kappa shape index (κ2) is 11.7. The number of hydrazone groups is 1. The molecule has 200 valence electrons. The van der Waals surface area contributed by atoms with Crippen LogP contribution in [0, 0.1) is 13.8 Å². The highest BCUT2D eigenvalue weighted by molar-refractivity contribution is 6.10. The van der Waals surface area contributed by atoms with Crippen LogP contribution in [-0.4, -0.2) is 29.7 Å². The number of benzene rings is 4. The monoisotopic (exact) mass is 531 g/mol. The minimum atomic E-state index is -0.471. The Morgan fingerprint density at radius 2 is 1.70 bits per heavy atom. The number of rotatable bonds is 8. The topological polar surface area (TPSA) is 92.8 Å². The van der Waals surface area contributed by atoms with E-state index in [1.165, 1.54) is 6.21 Å². The molecular weight excluding hydrogens is 502 g/mol. The van der Waals surface area contributed by atoms with E-state index in [2.05, 4.69) is 15.5 Å². The van der Waals surface area contributed by atoms with Crippen molar-refractivity contribution in [1.29, 1.82) is 0 Å². The van der Waals surface area contributed by atoms with E-state index in [-0.39, 0.29) is 5.91 Å². The summed E-state index contributed by atoms with van der Waals surface area (Å²) in [5, 5.41) is 5.16. The molecule has 0 fully saturated rings. The highest BCUT2D eigenvalue weighted by Gasteiger charge is 2.20. The summed E-state index contributed by atoms with van der Waals surface area (Å²) >= 11 is 0. The van der Waals surface area contributed by atoms with Crippen LogP contribution in [0.2, 0.25) is 0 Å². The summed E-state index contributed by atoms with van der Waals surface area (Å²) in [6, 6.07) is 28.1. The molecule has 5 rings (SSSR count). The molecule has 0 aliphatic heterocycles. The van der Waals surface area contributed by atoms with Gasteiger partial charge in [0.1, 0.15) is 5.69 Å². The molecule has 40 heavy (non-hydrogen) atoms. The molecule has 1 amide bonds. The van der Waals surface area contributed by atoms with Gasteiger partial charge in [-0.25, -0.2) is 10.2 Å². The molecule has 0 saturated heterocycles. The number of fused-ring (bicyclic) bond motifs is 1. The molecule has 1 heterocycles. The number of ether oxygens (including phenoxy) is 2. The van der Waals surface area contributed by atoms with Gasteiger partial charge in [0.15, 0.2) is 11.5 Å². The minimum Gasteiger partial charge on any atom is -0.490 e. The molecular formula is C33H29N3O4. The maximum atomic E-state index is 13.3. The van der Waals surface area contributed by atoms with Crippen molar-refractivity contribution in [3.63, 3.8) is 0 Å². The molecule has 0 atom stereocenters. The van der Waals surface area contributed by atoms with E-state index < -0.39 is 5.97 Å². The van der Waals surface area contributed by atoms with Gasteiger partial charge in [0.05, 0.1) is 18.4 Å². The summed E-state index contributed by atoms with van der Waals surface area (Å²) in [7, 11) is 0. The third kappa shape index (κ3) is 5.63. The van der Waals surface area contributed by atoms with Crippen molar-refractivity contribution in [3.8, 4) is 22.6 Å². The van der Waals surface area contributed by atoms with Gasteiger partial charge in [-0.2, -0.15) is 5.10 Å². The van der Waals surface area contributed by atoms with E-state index in [0.717, 1.165) is 33.2 Å². The fourth-order valence-corrected chi connectivity index (χ4v) is 4.55. The zero-order chi connectivity index (χ0) is 28.1. The normalized spacial score (nSPS) is 11.1. The van der Waals surface area contributed by atoms with Crippen molar-refractivity contribution in [2.45, 2.75) is 20.8 Å². The number of carbonyl (C=O) groups is 2. The molecule has 2 N–H and O–H groups in total. The molecule has 7 nitrogen and oxygen atoms in total. The number of aryl methyl sites for hydroxylation is 2. The summed E-state index contributed by atoms with van der Waals surface area (Å²) in [5.41, 5.74) is 8.87. The number of para-hydroxylation sites is 1. The van der Waals surface area contributed by atoms with E-state index >= 15 is 0 Å². The van der Waals surface area contributed by atoms with Crippen LogP contribution >= 0.6 is 0 Å². The van der Waals surface area contributed by atoms with Gasteiger partial charge in [0.2, 0.25) is 0 Å². The van der Waals surface area contributed by atoms with Crippen molar-refractivity contribution in [2.75, 3.05) is 6.61 Å². The molecule has 0 aliphatic rings. The van der Waals surface area contributed by atoms with E-state index in [9.17, 15) is 9.59 Å². The summed E-state index contributed by atoms with van der Waals surface area (Å²) in [6.45, 7) is 6.15. The zero-order valence-corrected chi connectivity index (χ0v) is 22.5. The first-order chi connectivity index (χ1) is 19.4. The predicted octanol–water partition coefficient (Wildman–Crippen LogP) is 6.83. The number of aromatic nitrogens is 1. The Bertz CT molecular complexity index is 1720. The van der Waals surface area contributed by atoms with Gasteiger partial charge in [0, 0.05) is 16.5 Å². The zero-order valence-electron chi connectivity index (χ0n) is 22.5. The molecule has 1 aromatic heterocycles. The average molecular weight is 532 g/mol. The van der Waals surface area contributed by atoms with Gasteiger partial charge in [-0.3, -0.25) is 4.79 Å². The van der Waals surface area contributed by atoms with Crippen LogP contribution < -0.4 is 14.9 Å². The Morgan fingerprint density at radius 1 is 0.900 bits per heavy atom. The number of nitrogens with one attached hydrogen (secondary N) is 2. The largest absolute Gasteiger partial charge is 0.490 e. The van der Waals surface area contributed by atoms with Crippen LogP contribution in [-0.2, 0) is 0 Å². The molecule has 0 unspecified atom stereocenters. The SMILES string of the molecule is CCOc1cc(C=NNC(=O)c2[nH]c3c(C)cccc3c2-c2ccccc2)ccc1OC(=O)c1cccc(C)c1. The fraction of sp³-hybridized carbons (Fsp3) is 0.121. The third-order valence-corrected chi connectivity index (χ3v) is 6.44. The third-order valence-electron chi connectivity index (χ3n) is 6.44. The van der Waals surface area contributed by atoms with Crippen molar-refractivity contribution in [2.24, 2.45) is 5.10 Å². The molecule has 7 heteroatoms.